The lowest BCUT2D eigenvalue weighted by Gasteiger charge is -2.41. The molecule has 1 fully saturated rings. The van der Waals surface area contributed by atoms with E-state index in [2.05, 4.69) is 20.2 Å². The van der Waals surface area contributed by atoms with Gasteiger partial charge in [0.15, 0.2) is 5.69 Å². The van der Waals surface area contributed by atoms with E-state index in [-0.39, 0.29) is 18.4 Å². The normalized spacial score (nSPS) is 18.5. The van der Waals surface area contributed by atoms with Crippen molar-refractivity contribution < 1.29 is 9.59 Å². The van der Waals surface area contributed by atoms with Crippen LogP contribution in [0.5, 0.6) is 0 Å². The zero-order valence-electron chi connectivity index (χ0n) is 18.5. The fourth-order valence-electron chi connectivity index (χ4n) is 4.63. The number of H-pyrrole nitrogens is 1. The number of nitrogens with one attached hydrogen (secondary N) is 1. The van der Waals surface area contributed by atoms with Crippen LogP contribution in [0.15, 0.2) is 43.0 Å². The van der Waals surface area contributed by atoms with E-state index in [4.69, 9.17) is 5.73 Å². The molecule has 166 valence electrons. The third-order valence-corrected chi connectivity index (χ3v) is 6.47. The van der Waals surface area contributed by atoms with Crippen LogP contribution >= 0.6 is 0 Å². The van der Waals surface area contributed by atoms with E-state index >= 15 is 0 Å². The van der Waals surface area contributed by atoms with Crippen LogP contribution in [0.2, 0.25) is 0 Å². The van der Waals surface area contributed by atoms with Crippen molar-refractivity contribution in [2.24, 2.45) is 11.1 Å². The summed E-state index contributed by atoms with van der Waals surface area (Å²) >= 11 is 0. The van der Waals surface area contributed by atoms with Crippen molar-refractivity contribution >= 4 is 11.8 Å². The molecule has 0 aliphatic carbocycles. The minimum atomic E-state index is -0.850. The molecule has 2 amide bonds. The highest BCUT2D eigenvalue weighted by Crippen LogP contribution is 2.37. The number of aromatic nitrogens is 4. The Morgan fingerprint density at radius 3 is 2.66 bits per heavy atom. The van der Waals surface area contributed by atoms with Crippen LogP contribution in [-0.4, -0.2) is 50.0 Å². The van der Waals surface area contributed by atoms with Gasteiger partial charge in [0.1, 0.15) is 6.33 Å². The molecule has 1 unspecified atom stereocenters. The zero-order chi connectivity index (χ0) is 22.7. The van der Waals surface area contributed by atoms with Gasteiger partial charge in [-0.15, -0.1) is 0 Å². The van der Waals surface area contributed by atoms with Crippen LogP contribution in [0.1, 0.15) is 47.1 Å². The average Bonchev–Trinajstić information content (AvgIpc) is 3.20. The Balaban J connectivity index is 1.64. The summed E-state index contributed by atoms with van der Waals surface area (Å²) in [5, 5.41) is 7.20. The maximum absolute atomic E-state index is 13.3. The summed E-state index contributed by atoms with van der Waals surface area (Å²) in [6, 6.07) is 7.89. The van der Waals surface area contributed by atoms with Gasteiger partial charge in [0.25, 0.3) is 5.91 Å². The van der Waals surface area contributed by atoms with Crippen LogP contribution < -0.4 is 5.73 Å². The summed E-state index contributed by atoms with van der Waals surface area (Å²) in [5.41, 5.74) is 10.2. The molecule has 2 aromatic heterocycles. The first-order valence-electron chi connectivity index (χ1n) is 10.9. The van der Waals surface area contributed by atoms with Gasteiger partial charge in [0.2, 0.25) is 5.91 Å². The number of carbonyl (C=O) groups is 2. The molecule has 8 heteroatoms. The number of piperidine rings is 1. The van der Waals surface area contributed by atoms with Gasteiger partial charge in [-0.2, -0.15) is 5.10 Å². The first kappa shape index (κ1) is 21.7. The number of hydrogen-bond donors (Lipinski definition) is 2. The number of nitrogens with two attached hydrogens (primary N) is 1. The molecule has 3 heterocycles. The van der Waals surface area contributed by atoms with Crippen molar-refractivity contribution in [1.29, 1.82) is 0 Å². The molecular formula is C24H28N6O2. The number of benzene rings is 1. The molecule has 1 aliphatic heterocycles. The lowest BCUT2D eigenvalue weighted by atomic mass is 9.73. The summed E-state index contributed by atoms with van der Waals surface area (Å²) in [6.45, 7) is 4.77. The smallest absolute Gasteiger partial charge is 0.274 e. The van der Waals surface area contributed by atoms with Gasteiger partial charge in [-0.1, -0.05) is 31.2 Å². The second-order valence-corrected chi connectivity index (χ2v) is 8.47. The molecule has 0 radical (unpaired) electrons. The van der Waals surface area contributed by atoms with Crippen LogP contribution in [-0.2, 0) is 17.6 Å². The van der Waals surface area contributed by atoms with Crippen molar-refractivity contribution in [2.45, 2.75) is 39.5 Å². The van der Waals surface area contributed by atoms with Gasteiger partial charge in [0, 0.05) is 42.3 Å². The lowest BCUT2D eigenvalue weighted by molar-refractivity contribution is -0.130. The van der Waals surface area contributed by atoms with Gasteiger partial charge in [-0.05, 0) is 43.7 Å². The molecule has 0 bridgehead atoms. The average molecular weight is 433 g/mol. The first-order valence-corrected chi connectivity index (χ1v) is 10.9. The maximum Gasteiger partial charge on any atom is 0.274 e. The van der Waals surface area contributed by atoms with E-state index < -0.39 is 5.41 Å². The largest absolute Gasteiger partial charge is 0.369 e. The minimum Gasteiger partial charge on any atom is -0.369 e. The van der Waals surface area contributed by atoms with E-state index in [9.17, 15) is 9.59 Å². The Bertz CT molecular complexity index is 1130. The molecule has 0 saturated carbocycles. The highest BCUT2D eigenvalue weighted by Gasteiger charge is 2.43. The standard InChI is InChI=1S/C24H28N6O2/c1-3-20-16(2)21(29-28-20)22(31)30-10-6-9-24(14-30,23(25)32)11-17-7-4-5-8-19(17)18-12-26-15-27-13-18/h4-5,7-8,12-13,15H,3,6,9-11,14H2,1-2H3,(H2,25,32)(H,28,29). The highest BCUT2D eigenvalue weighted by atomic mass is 16.2. The van der Waals surface area contributed by atoms with Gasteiger partial charge < -0.3 is 10.6 Å². The summed E-state index contributed by atoms with van der Waals surface area (Å²) in [7, 11) is 0. The molecule has 1 atom stereocenters. The fraction of sp³-hybridized carbons (Fsp3) is 0.375. The quantitative estimate of drug-likeness (QED) is 0.621. The summed E-state index contributed by atoms with van der Waals surface area (Å²) in [5.74, 6) is -0.546. The number of nitrogens with zero attached hydrogens (tertiary/aromatic N) is 4. The fourth-order valence-corrected chi connectivity index (χ4v) is 4.63. The van der Waals surface area contributed by atoms with E-state index in [0.29, 0.717) is 31.5 Å². The second kappa shape index (κ2) is 8.90. The number of carbonyl (C=O) groups excluding carboxylic acids is 2. The van der Waals surface area contributed by atoms with Crippen molar-refractivity contribution in [2.75, 3.05) is 13.1 Å². The van der Waals surface area contributed by atoms with Crippen LogP contribution in [0.25, 0.3) is 11.1 Å². The summed E-state index contributed by atoms with van der Waals surface area (Å²) in [6.07, 6.45) is 7.55. The Kier molecular flexibility index (Phi) is 6.03. The Hall–Kier alpha value is -3.55. The molecule has 3 N–H and O–H groups in total. The number of aromatic amines is 1. The number of primary amides is 1. The van der Waals surface area contributed by atoms with Crippen LogP contribution in [0.3, 0.4) is 0 Å². The monoisotopic (exact) mass is 432 g/mol. The van der Waals surface area contributed by atoms with Crippen molar-refractivity contribution in [3.8, 4) is 11.1 Å². The van der Waals surface area contributed by atoms with E-state index in [0.717, 1.165) is 34.4 Å². The molecule has 32 heavy (non-hydrogen) atoms. The number of aryl methyl sites for hydroxylation is 1. The SMILES string of the molecule is CCc1[nH]nc(C(=O)N2CCCC(Cc3ccccc3-c3cncnc3)(C(N)=O)C2)c1C. The predicted octanol–water partition coefficient (Wildman–Crippen LogP) is 2.69. The molecule has 0 spiro atoms. The van der Waals surface area contributed by atoms with Gasteiger partial charge >= 0.3 is 0 Å². The van der Waals surface area contributed by atoms with Crippen LogP contribution in [0.4, 0.5) is 0 Å². The van der Waals surface area contributed by atoms with E-state index in [1.165, 1.54) is 6.33 Å². The Morgan fingerprint density at radius 2 is 1.97 bits per heavy atom. The van der Waals surface area contributed by atoms with Gasteiger partial charge in [0.05, 0.1) is 5.41 Å². The second-order valence-electron chi connectivity index (χ2n) is 8.47. The third-order valence-electron chi connectivity index (χ3n) is 6.47. The number of amides is 2. The number of rotatable bonds is 6. The van der Waals surface area contributed by atoms with Crippen LogP contribution in [0, 0.1) is 12.3 Å². The van der Waals surface area contributed by atoms with E-state index in [1.807, 2.05) is 38.1 Å². The van der Waals surface area contributed by atoms with Crippen molar-refractivity contribution in [1.82, 2.24) is 25.1 Å². The Morgan fingerprint density at radius 1 is 1.22 bits per heavy atom. The van der Waals surface area contributed by atoms with E-state index in [1.54, 1.807) is 17.3 Å². The van der Waals surface area contributed by atoms with Gasteiger partial charge in [-0.3, -0.25) is 14.7 Å². The molecule has 4 rings (SSSR count). The van der Waals surface area contributed by atoms with Crippen molar-refractivity contribution in [3.05, 3.63) is 65.5 Å². The highest BCUT2D eigenvalue weighted by molar-refractivity contribution is 5.94. The predicted molar refractivity (Wildman–Crippen MR) is 121 cm³/mol. The van der Waals surface area contributed by atoms with Crippen molar-refractivity contribution in [3.63, 3.8) is 0 Å². The molecule has 1 aromatic carbocycles. The van der Waals surface area contributed by atoms with Gasteiger partial charge in [-0.25, -0.2) is 9.97 Å². The minimum absolute atomic E-state index is 0.159. The molecule has 1 aliphatic rings. The molecule has 8 nitrogen and oxygen atoms in total. The number of likely N-dealkylation sites (tertiary alicyclic amines) is 1. The molecule has 3 aromatic rings. The molecular weight excluding hydrogens is 404 g/mol. The zero-order valence-corrected chi connectivity index (χ0v) is 18.5. The molecule has 1 saturated heterocycles. The Labute approximate surface area is 187 Å². The lowest BCUT2D eigenvalue weighted by Crippen LogP contribution is -2.53. The first-order chi connectivity index (χ1) is 15.4. The number of hydrogen-bond acceptors (Lipinski definition) is 5. The third kappa shape index (κ3) is 4.00. The summed E-state index contributed by atoms with van der Waals surface area (Å²) < 4.78 is 0. The maximum atomic E-state index is 13.3. The summed E-state index contributed by atoms with van der Waals surface area (Å²) in [4.78, 5) is 36.0. The topological polar surface area (TPSA) is 118 Å².